The maximum Gasteiger partial charge on any atom is 0.416 e. The fourth-order valence-electron chi connectivity index (χ4n) is 3.34. The highest BCUT2D eigenvalue weighted by molar-refractivity contribution is 7.99. The predicted molar refractivity (Wildman–Crippen MR) is 112 cm³/mol. The van der Waals surface area contributed by atoms with E-state index >= 15 is 0 Å². The van der Waals surface area contributed by atoms with Crippen LogP contribution in [0.15, 0.2) is 34.4 Å². The molecular weight excluding hydrogens is 435 g/mol. The molecule has 2 aromatic rings. The van der Waals surface area contributed by atoms with Crippen molar-refractivity contribution in [2.45, 2.75) is 60.3 Å². The third-order valence-electron chi connectivity index (χ3n) is 4.83. The third kappa shape index (κ3) is 5.81. The second kappa shape index (κ2) is 9.91. The van der Waals surface area contributed by atoms with E-state index in [0.29, 0.717) is 10.7 Å². The molecule has 0 unspecified atom stereocenters. The second-order valence-electron chi connectivity index (χ2n) is 7.01. The Balaban J connectivity index is 1.87. The second-order valence-corrected chi connectivity index (χ2v) is 8.75. The van der Waals surface area contributed by atoms with Gasteiger partial charge in [-0.1, -0.05) is 49.2 Å². The van der Waals surface area contributed by atoms with Crippen LogP contribution in [0.25, 0.3) is 0 Å². The number of thioether (sulfide) groups is 2. The van der Waals surface area contributed by atoms with Crippen molar-refractivity contribution in [3.05, 3.63) is 41.0 Å². The van der Waals surface area contributed by atoms with Gasteiger partial charge >= 0.3 is 12.1 Å². The van der Waals surface area contributed by atoms with Crippen LogP contribution >= 0.6 is 23.5 Å². The van der Waals surface area contributed by atoms with Crippen LogP contribution in [0.5, 0.6) is 0 Å². The zero-order chi connectivity index (χ0) is 21.7. The summed E-state index contributed by atoms with van der Waals surface area (Å²) in [6, 6.07) is 5.17. The van der Waals surface area contributed by atoms with Crippen LogP contribution in [-0.4, -0.2) is 33.3 Å². The lowest BCUT2D eigenvalue weighted by atomic mass is 9.95. The number of aromatic carboxylic acids is 1. The highest BCUT2D eigenvalue weighted by Crippen LogP contribution is 2.34. The molecule has 5 nitrogen and oxygen atoms in total. The summed E-state index contributed by atoms with van der Waals surface area (Å²) in [6.45, 7) is 0. The van der Waals surface area contributed by atoms with Crippen LogP contribution in [0, 0.1) is 0 Å². The lowest BCUT2D eigenvalue weighted by molar-refractivity contribution is -0.137. The molecule has 0 aliphatic heterocycles. The number of halogens is 3. The number of hydrogen-bond acceptors (Lipinski definition) is 6. The molecule has 1 heterocycles. The van der Waals surface area contributed by atoms with Crippen molar-refractivity contribution < 1.29 is 23.1 Å². The lowest BCUT2D eigenvalue weighted by Gasteiger charge is -2.24. The average molecular weight is 458 g/mol. The zero-order valence-corrected chi connectivity index (χ0v) is 18.0. The van der Waals surface area contributed by atoms with Crippen molar-refractivity contribution in [1.82, 2.24) is 9.97 Å². The molecule has 1 aliphatic rings. The largest absolute Gasteiger partial charge is 0.477 e. The molecule has 0 radical (unpaired) electrons. The van der Waals surface area contributed by atoms with Gasteiger partial charge in [0.2, 0.25) is 0 Å². The van der Waals surface area contributed by atoms with Crippen LogP contribution < -0.4 is 5.32 Å². The van der Waals surface area contributed by atoms with Crippen LogP contribution in [0.2, 0.25) is 0 Å². The third-order valence-corrected chi connectivity index (χ3v) is 6.42. The summed E-state index contributed by atoms with van der Waals surface area (Å²) in [6.07, 6.45) is 2.60. The van der Waals surface area contributed by atoms with Crippen molar-refractivity contribution in [2.24, 2.45) is 0 Å². The first-order valence-corrected chi connectivity index (χ1v) is 11.7. The van der Waals surface area contributed by atoms with E-state index in [0.717, 1.165) is 49.6 Å². The number of anilines is 1. The molecule has 1 aromatic heterocycles. The predicted octanol–water partition coefficient (Wildman–Crippen LogP) is 5.95. The number of nitrogens with zero attached hydrogens (tertiary/aromatic N) is 2. The first-order valence-electron chi connectivity index (χ1n) is 9.52. The van der Waals surface area contributed by atoms with Gasteiger partial charge < -0.3 is 10.4 Å². The lowest BCUT2D eigenvalue weighted by Crippen LogP contribution is -2.25. The molecule has 1 aliphatic carbocycles. The highest BCUT2D eigenvalue weighted by atomic mass is 32.2. The summed E-state index contributed by atoms with van der Waals surface area (Å²) < 4.78 is 38.9. The fraction of sp³-hybridized carbons (Fsp3) is 0.450. The summed E-state index contributed by atoms with van der Waals surface area (Å²) in [5.74, 6) is -0.717. The van der Waals surface area contributed by atoms with Crippen LogP contribution in [0.3, 0.4) is 0 Å². The maximum absolute atomic E-state index is 13.0. The molecule has 0 saturated heterocycles. The maximum atomic E-state index is 13.0. The van der Waals surface area contributed by atoms with Crippen LogP contribution in [0.1, 0.15) is 53.6 Å². The number of hydrogen-bond donors (Lipinski definition) is 2. The molecule has 1 aromatic carbocycles. The Kier molecular flexibility index (Phi) is 7.51. The van der Waals surface area contributed by atoms with E-state index in [1.54, 1.807) is 12.3 Å². The number of carbonyl (C=O) groups is 1. The number of carboxylic acid groups (broad SMARTS) is 1. The molecule has 1 fully saturated rings. The smallest absolute Gasteiger partial charge is 0.416 e. The summed E-state index contributed by atoms with van der Waals surface area (Å²) in [5, 5.41) is 13.7. The molecule has 0 amide bonds. The van der Waals surface area contributed by atoms with E-state index in [1.165, 1.54) is 24.2 Å². The molecule has 0 atom stereocenters. The summed E-state index contributed by atoms with van der Waals surface area (Å²) in [5.41, 5.74) is -0.321. The SMILES string of the molecule is CSc1nc(NC2CCCCC2)c(C(=O)O)c(SCc2cccc(C(F)(F)F)c2)n1. The Labute approximate surface area is 181 Å². The molecule has 10 heteroatoms. The van der Waals surface area contributed by atoms with Gasteiger partial charge in [-0.3, -0.25) is 0 Å². The van der Waals surface area contributed by atoms with E-state index in [2.05, 4.69) is 15.3 Å². The number of aromatic nitrogens is 2. The molecule has 0 bridgehead atoms. The quantitative estimate of drug-likeness (QED) is 0.302. The van der Waals surface area contributed by atoms with Gasteiger partial charge in [0.1, 0.15) is 16.4 Å². The van der Waals surface area contributed by atoms with Crippen molar-refractivity contribution in [2.75, 3.05) is 11.6 Å². The number of benzene rings is 1. The molecular formula is C20H22F3N3O2S2. The normalized spacial score (nSPS) is 15.2. The topological polar surface area (TPSA) is 75.1 Å². The Morgan fingerprint density at radius 3 is 2.60 bits per heavy atom. The van der Waals surface area contributed by atoms with E-state index in [-0.39, 0.29) is 28.2 Å². The van der Waals surface area contributed by atoms with Gasteiger partial charge in [-0.15, -0.1) is 11.8 Å². The molecule has 3 rings (SSSR count). The van der Waals surface area contributed by atoms with Gasteiger partial charge in [0.05, 0.1) is 5.56 Å². The Morgan fingerprint density at radius 1 is 1.23 bits per heavy atom. The monoisotopic (exact) mass is 457 g/mol. The zero-order valence-electron chi connectivity index (χ0n) is 16.3. The van der Waals surface area contributed by atoms with Gasteiger partial charge in [-0.2, -0.15) is 13.2 Å². The standard InChI is InChI=1S/C20H22F3N3O2S2/c1-29-19-25-16(24-14-8-3-2-4-9-14)15(18(27)28)17(26-19)30-11-12-6-5-7-13(10-12)20(21,22)23/h5-7,10,14H,2-4,8-9,11H2,1H3,(H,27,28)(H,24,25,26). The number of alkyl halides is 3. The van der Waals surface area contributed by atoms with Crippen molar-refractivity contribution in [3.63, 3.8) is 0 Å². The number of carboxylic acids is 1. The van der Waals surface area contributed by atoms with E-state index in [4.69, 9.17) is 0 Å². The first-order chi connectivity index (χ1) is 14.3. The van der Waals surface area contributed by atoms with Crippen molar-refractivity contribution in [1.29, 1.82) is 0 Å². The molecule has 2 N–H and O–H groups in total. The Bertz CT molecular complexity index is 903. The minimum Gasteiger partial charge on any atom is -0.477 e. The van der Waals surface area contributed by atoms with Crippen LogP contribution in [0.4, 0.5) is 19.0 Å². The minimum atomic E-state index is -4.43. The first kappa shape index (κ1) is 22.7. The van der Waals surface area contributed by atoms with Gasteiger partial charge in [0, 0.05) is 11.8 Å². The number of nitrogens with one attached hydrogen (secondary N) is 1. The average Bonchev–Trinajstić information content (AvgIpc) is 2.72. The molecule has 1 saturated carbocycles. The van der Waals surface area contributed by atoms with Gasteiger partial charge in [-0.05, 0) is 30.7 Å². The van der Waals surface area contributed by atoms with E-state index in [9.17, 15) is 23.1 Å². The number of rotatable bonds is 7. The van der Waals surface area contributed by atoms with Crippen molar-refractivity contribution >= 4 is 35.3 Å². The molecule has 0 spiro atoms. The summed E-state index contributed by atoms with van der Waals surface area (Å²) in [4.78, 5) is 20.7. The van der Waals surface area contributed by atoms with Gasteiger partial charge in [-0.25, -0.2) is 14.8 Å². The van der Waals surface area contributed by atoms with Gasteiger partial charge in [0.25, 0.3) is 0 Å². The Hall–Kier alpha value is -1.94. The van der Waals surface area contributed by atoms with Crippen LogP contribution in [-0.2, 0) is 11.9 Å². The molecule has 30 heavy (non-hydrogen) atoms. The fourth-order valence-corrected chi connectivity index (χ4v) is 4.73. The minimum absolute atomic E-state index is 0.0321. The van der Waals surface area contributed by atoms with E-state index in [1.807, 2.05) is 0 Å². The summed E-state index contributed by atoms with van der Waals surface area (Å²) in [7, 11) is 0. The Morgan fingerprint density at radius 2 is 1.97 bits per heavy atom. The van der Waals surface area contributed by atoms with Crippen molar-refractivity contribution in [3.8, 4) is 0 Å². The highest BCUT2D eigenvalue weighted by Gasteiger charge is 2.30. The van der Waals surface area contributed by atoms with Gasteiger partial charge in [0.15, 0.2) is 5.16 Å². The summed E-state index contributed by atoms with van der Waals surface area (Å²) >= 11 is 2.39. The molecule has 162 valence electrons. The van der Waals surface area contributed by atoms with E-state index < -0.39 is 17.7 Å².